The Hall–Kier alpha value is -1.10. The van der Waals surface area contributed by atoms with Gasteiger partial charge in [-0.05, 0) is 23.7 Å². The number of nitrogens with zero attached hydrogens (tertiary/aromatic N) is 1. The van der Waals surface area contributed by atoms with Gasteiger partial charge in [0.25, 0.3) is 11.7 Å². The van der Waals surface area contributed by atoms with Crippen LogP contribution in [0.1, 0.15) is 22.5 Å². The fraction of sp³-hybridized carbons (Fsp3) is 0.143. The molecule has 0 aliphatic rings. The molecule has 0 radical (unpaired) electrons. The van der Waals surface area contributed by atoms with Crippen LogP contribution in [0.4, 0.5) is 13.2 Å². The molecule has 0 amide bonds. The van der Waals surface area contributed by atoms with Gasteiger partial charge in [-0.1, -0.05) is 0 Å². The summed E-state index contributed by atoms with van der Waals surface area (Å²) in [5.41, 5.74) is -1.23. The van der Waals surface area contributed by atoms with E-state index in [1.54, 1.807) is 0 Å². The van der Waals surface area contributed by atoms with E-state index >= 15 is 0 Å². The summed E-state index contributed by atoms with van der Waals surface area (Å²) >= 11 is 4.93. The molecule has 0 saturated carbocycles. The number of pyridine rings is 1. The molecule has 0 fully saturated rings. The predicted octanol–water partition coefficient (Wildman–Crippen LogP) is 2.54. The molecule has 0 N–H and O–H groups in total. The Balaban J connectivity index is 3.13. The van der Waals surface area contributed by atoms with Gasteiger partial charge in [0, 0.05) is 0 Å². The van der Waals surface area contributed by atoms with Crippen molar-refractivity contribution < 1.29 is 18.0 Å². The zero-order chi connectivity index (χ0) is 10.0. The number of halogens is 4. The highest BCUT2D eigenvalue weighted by atomic mass is 35.5. The van der Waals surface area contributed by atoms with Gasteiger partial charge in [0.05, 0.1) is 5.56 Å². The van der Waals surface area contributed by atoms with Gasteiger partial charge < -0.3 is 0 Å². The van der Waals surface area contributed by atoms with Gasteiger partial charge in [-0.15, -0.1) is 0 Å². The largest absolute Gasteiger partial charge is 0.280 e. The quantitative estimate of drug-likeness (QED) is 0.553. The minimum atomic E-state index is -2.87. The first-order valence-electron chi connectivity index (χ1n) is 3.17. The van der Waals surface area contributed by atoms with Crippen LogP contribution in [0.3, 0.4) is 0 Å². The number of hydrogen-bond donors (Lipinski definition) is 0. The minimum Gasteiger partial charge on any atom is -0.275 e. The predicted molar refractivity (Wildman–Crippen MR) is 39.3 cm³/mol. The Morgan fingerprint density at radius 2 is 2.08 bits per heavy atom. The van der Waals surface area contributed by atoms with Gasteiger partial charge in [0.2, 0.25) is 5.95 Å². The van der Waals surface area contributed by atoms with E-state index in [4.69, 9.17) is 11.6 Å². The van der Waals surface area contributed by atoms with E-state index < -0.39 is 28.9 Å². The smallest absolute Gasteiger partial charge is 0.275 e. The van der Waals surface area contributed by atoms with Crippen LogP contribution >= 0.6 is 11.6 Å². The van der Waals surface area contributed by atoms with Crippen LogP contribution in [0.15, 0.2) is 12.1 Å². The standard InChI is InChI=1S/C7H3ClF3NO/c8-5(13)3-1-2-4(6(9)10)12-7(3)11/h1-2,6H. The van der Waals surface area contributed by atoms with E-state index in [1.807, 2.05) is 0 Å². The summed E-state index contributed by atoms with van der Waals surface area (Å²) in [6.07, 6.45) is -2.87. The number of alkyl halides is 2. The maximum atomic E-state index is 12.7. The van der Waals surface area contributed by atoms with E-state index in [-0.39, 0.29) is 0 Å². The summed E-state index contributed by atoms with van der Waals surface area (Å²) in [7, 11) is 0. The molecule has 0 aliphatic carbocycles. The first-order valence-corrected chi connectivity index (χ1v) is 3.54. The van der Waals surface area contributed by atoms with Crippen molar-refractivity contribution in [2.75, 3.05) is 0 Å². The molecule has 0 aromatic carbocycles. The van der Waals surface area contributed by atoms with Crippen molar-refractivity contribution >= 4 is 16.8 Å². The summed E-state index contributed by atoms with van der Waals surface area (Å²) in [6.45, 7) is 0. The summed E-state index contributed by atoms with van der Waals surface area (Å²) in [4.78, 5) is 13.3. The summed E-state index contributed by atoms with van der Waals surface area (Å²) in [5.74, 6) is -1.28. The zero-order valence-electron chi connectivity index (χ0n) is 6.10. The highest BCUT2D eigenvalue weighted by Crippen LogP contribution is 2.18. The van der Waals surface area contributed by atoms with E-state index in [9.17, 15) is 18.0 Å². The zero-order valence-corrected chi connectivity index (χ0v) is 6.86. The third kappa shape index (κ3) is 2.18. The monoisotopic (exact) mass is 209 g/mol. The van der Waals surface area contributed by atoms with Crippen LogP contribution in [0.25, 0.3) is 0 Å². The Labute approximate surface area is 76.3 Å². The van der Waals surface area contributed by atoms with Crippen LogP contribution in [-0.4, -0.2) is 10.2 Å². The SMILES string of the molecule is O=C(Cl)c1ccc(C(F)F)nc1F. The van der Waals surface area contributed by atoms with Crippen molar-refractivity contribution in [2.24, 2.45) is 0 Å². The van der Waals surface area contributed by atoms with Crippen LogP contribution in [-0.2, 0) is 0 Å². The number of hydrogen-bond acceptors (Lipinski definition) is 2. The topological polar surface area (TPSA) is 30.0 Å². The minimum absolute atomic E-state index is 0.508. The Bertz CT molecular complexity index is 343. The Morgan fingerprint density at radius 1 is 1.46 bits per heavy atom. The maximum absolute atomic E-state index is 12.7. The fourth-order valence-corrected chi connectivity index (χ4v) is 0.857. The second-order valence-corrected chi connectivity index (χ2v) is 2.49. The maximum Gasteiger partial charge on any atom is 0.280 e. The molecule has 1 aromatic rings. The first-order chi connectivity index (χ1) is 6.02. The Morgan fingerprint density at radius 3 is 2.46 bits per heavy atom. The van der Waals surface area contributed by atoms with Gasteiger partial charge in [-0.3, -0.25) is 4.79 Å². The lowest BCUT2D eigenvalue weighted by Gasteiger charge is -2.00. The molecule has 0 bridgehead atoms. The molecule has 0 spiro atoms. The number of carbonyl (C=O) groups is 1. The second kappa shape index (κ2) is 3.74. The highest BCUT2D eigenvalue weighted by molar-refractivity contribution is 6.67. The first kappa shape index (κ1) is 9.98. The van der Waals surface area contributed by atoms with Gasteiger partial charge in [0.1, 0.15) is 5.69 Å². The van der Waals surface area contributed by atoms with Gasteiger partial charge in [0.15, 0.2) is 0 Å². The number of aromatic nitrogens is 1. The van der Waals surface area contributed by atoms with Crippen LogP contribution in [0.5, 0.6) is 0 Å². The molecule has 0 saturated heterocycles. The Kier molecular flexibility index (Phi) is 2.87. The van der Waals surface area contributed by atoms with E-state index in [1.165, 1.54) is 0 Å². The van der Waals surface area contributed by atoms with Crippen LogP contribution in [0.2, 0.25) is 0 Å². The molecule has 70 valence electrons. The lowest BCUT2D eigenvalue weighted by atomic mass is 10.2. The van der Waals surface area contributed by atoms with Crippen molar-refractivity contribution in [3.63, 3.8) is 0 Å². The van der Waals surface area contributed by atoms with Crippen molar-refractivity contribution in [2.45, 2.75) is 6.43 Å². The number of carbonyl (C=O) groups excluding carboxylic acids is 1. The summed E-state index contributed by atoms with van der Waals surface area (Å²) < 4.78 is 36.6. The molecule has 2 nitrogen and oxygen atoms in total. The van der Waals surface area contributed by atoms with E-state index in [2.05, 4.69) is 4.98 Å². The molecule has 13 heavy (non-hydrogen) atoms. The van der Waals surface area contributed by atoms with E-state index in [0.717, 1.165) is 12.1 Å². The molecule has 0 aliphatic heterocycles. The summed E-state index contributed by atoms with van der Waals surface area (Å²) in [5, 5.41) is -1.06. The molecule has 0 atom stereocenters. The highest BCUT2D eigenvalue weighted by Gasteiger charge is 2.15. The lowest BCUT2D eigenvalue weighted by Crippen LogP contribution is -2.01. The lowest BCUT2D eigenvalue weighted by molar-refractivity contribution is 0.107. The van der Waals surface area contributed by atoms with Crippen LogP contribution < -0.4 is 0 Å². The van der Waals surface area contributed by atoms with Crippen molar-refractivity contribution in [3.8, 4) is 0 Å². The molecule has 1 aromatic heterocycles. The van der Waals surface area contributed by atoms with Crippen LogP contribution in [0, 0.1) is 5.95 Å². The van der Waals surface area contributed by atoms with Crippen molar-refractivity contribution in [1.82, 2.24) is 4.98 Å². The third-order valence-electron chi connectivity index (χ3n) is 1.31. The summed E-state index contributed by atoms with van der Waals surface area (Å²) in [6, 6.07) is 1.72. The second-order valence-electron chi connectivity index (χ2n) is 2.15. The van der Waals surface area contributed by atoms with Crippen molar-refractivity contribution in [1.29, 1.82) is 0 Å². The average Bonchev–Trinajstić information content (AvgIpc) is 2.03. The van der Waals surface area contributed by atoms with E-state index in [0.29, 0.717) is 0 Å². The molecule has 6 heteroatoms. The third-order valence-corrected chi connectivity index (χ3v) is 1.51. The molecule has 1 heterocycles. The molecule has 0 unspecified atom stereocenters. The van der Waals surface area contributed by atoms with Gasteiger partial charge in [-0.2, -0.15) is 4.39 Å². The average molecular weight is 210 g/mol. The normalized spacial score (nSPS) is 10.5. The van der Waals surface area contributed by atoms with Crippen molar-refractivity contribution in [3.05, 3.63) is 29.3 Å². The fourth-order valence-electron chi connectivity index (χ4n) is 0.716. The van der Waals surface area contributed by atoms with Gasteiger partial charge in [-0.25, -0.2) is 13.8 Å². The number of rotatable bonds is 2. The molecular formula is C7H3ClF3NO. The van der Waals surface area contributed by atoms with Gasteiger partial charge >= 0.3 is 0 Å². The molecular weight excluding hydrogens is 207 g/mol. The molecule has 1 rings (SSSR count).